The zero-order valence-electron chi connectivity index (χ0n) is 18.2. The molecular formula is C25H25N5O3. The van der Waals surface area contributed by atoms with Gasteiger partial charge in [0, 0.05) is 12.0 Å². The van der Waals surface area contributed by atoms with Crippen LogP contribution in [0.15, 0.2) is 72.9 Å². The van der Waals surface area contributed by atoms with Crippen molar-refractivity contribution < 1.29 is 14.8 Å². The number of carbonyl (C=O) groups excluding carboxylic acids is 2. The number of benzene rings is 3. The molecule has 1 unspecified atom stereocenters. The van der Waals surface area contributed by atoms with Crippen LogP contribution in [0.4, 0.5) is 0 Å². The van der Waals surface area contributed by atoms with Crippen LogP contribution >= 0.6 is 0 Å². The molecule has 168 valence electrons. The maximum absolute atomic E-state index is 13.0. The second kappa shape index (κ2) is 10.1. The lowest BCUT2D eigenvalue weighted by Gasteiger charge is -2.26. The van der Waals surface area contributed by atoms with Crippen LogP contribution in [0.5, 0.6) is 0 Å². The first-order chi connectivity index (χ1) is 16.0. The normalized spacial score (nSPS) is 12.8. The molecule has 0 bridgehead atoms. The van der Waals surface area contributed by atoms with Gasteiger partial charge in [0.05, 0.1) is 12.2 Å². The highest BCUT2D eigenvalue weighted by Gasteiger charge is 2.30. The summed E-state index contributed by atoms with van der Waals surface area (Å²) < 4.78 is 0. The first kappa shape index (κ1) is 22.2. The van der Waals surface area contributed by atoms with Gasteiger partial charge in [-0.2, -0.15) is 15.4 Å². The van der Waals surface area contributed by atoms with Gasteiger partial charge in [-0.1, -0.05) is 60.2 Å². The molecule has 0 fully saturated rings. The number of hydrogen-bond donors (Lipinski definition) is 4. The van der Waals surface area contributed by atoms with E-state index in [1.807, 2.05) is 55.5 Å². The van der Waals surface area contributed by atoms with Crippen molar-refractivity contribution in [1.29, 1.82) is 0 Å². The van der Waals surface area contributed by atoms with Crippen molar-refractivity contribution in [3.63, 3.8) is 0 Å². The molecule has 1 aromatic heterocycles. The van der Waals surface area contributed by atoms with Crippen LogP contribution in [-0.4, -0.2) is 32.4 Å². The fourth-order valence-electron chi connectivity index (χ4n) is 3.98. The number of nitrogens with zero attached hydrogens (tertiary/aromatic N) is 2. The Morgan fingerprint density at radius 2 is 1.79 bits per heavy atom. The van der Waals surface area contributed by atoms with E-state index < -0.39 is 17.9 Å². The number of aromatic amines is 1. The maximum Gasteiger partial charge on any atom is 0.251 e. The first-order valence-electron chi connectivity index (χ1n) is 10.7. The Balaban J connectivity index is 1.66. The van der Waals surface area contributed by atoms with E-state index in [0.29, 0.717) is 17.7 Å². The Bertz CT molecular complexity index is 1240. The van der Waals surface area contributed by atoms with E-state index in [-0.39, 0.29) is 12.3 Å². The molecule has 0 spiro atoms. The van der Waals surface area contributed by atoms with Crippen LogP contribution in [0.2, 0.25) is 0 Å². The summed E-state index contributed by atoms with van der Waals surface area (Å²) in [5.41, 5.74) is 4.77. The van der Waals surface area contributed by atoms with Crippen molar-refractivity contribution in [1.82, 2.24) is 26.2 Å². The highest BCUT2D eigenvalue weighted by molar-refractivity contribution is 5.94. The minimum absolute atomic E-state index is 0.0188. The maximum atomic E-state index is 13.0. The Kier molecular flexibility index (Phi) is 6.75. The number of fused-ring (bicyclic) bond motifs is 1. The summed E-state index contributed by atoms with van der Waals surface area (Å²) in [4.78, 5) is 25.2. The van der Waals surface area contributed by atoms with Gasteiger partial charge in [0.15, 0.2) is 0 Å². The van der Waals surface area contributed by atoms with Crippen LogP contribution in [0.25, 0.3) is 10.8 Å². The van der Waals surface area contributed by atoms with Gasteiger partial charge >= 0.3 is 0 Å². The molecule has 0 aliphatic rings. The number of H-pyrrole nitrogens is 1. The number of aromatic nitrogens is 3. The highest BCUT2D eigenvalue weighted by Crippen LogP contribution is 2.29. The van der Waals surface area contributed by atoms with Gasteiger partial charge in [-0.25, -0.2) is 5.48 Å². The van der Waals surface area contributed by atoms with Gasteiger partial charge in [-0.3, -0.25) is 14.8 Å². The quantitative estimate of drug-likeness (QED) is 0.245. The number of nitrogens with one attached hydrogen (secondary N) is 3. The number of hydrogen-bond acceptors (Lipinski definition) is 5. The van der Waals surface area contributed by atoms with Gasteiger partial charge < -0.3 is 5.32 Å². The molecular weight excluding hydrogens is 418 g/mol. The molecule has 2 atom stereocenters. The van der Waals surface area contributed by atoms with E-state index in [1.54, 1.807) is 17.6 Å². The van der Waals surface area contributed by atoms with E-state index in [9.17, 15) is 9.59 Å². The second-order valence-corrected chi connectivity index (χ2v) is 8.10. The van der Waals surface area contributed by atoms with Gasteiger partial charge in [0.1, 0.15) is 5.69 Å². The number of amides is 2. The van der Waals surface area contributed by atoms with E-state index in [0.717, 1.165) is 21.9 Å². The van der Waals surface area contributed by atoms with E-state index in [4.69, 9.17) is 5.21 Å². The summed E-state index contributed by atoms with van der Waals surface area (Å²) in [6, 6.07) is 20.8. The molecule has 4 N–H and O–H groups in total. The molecule has 4 rings (SSSR count). The summed E-state index contributed by atoms with van der Waals surface area (Å²) in [6.45, 7) is 1.95. The Hall–Kier alpha value is -4.04. The first-order valence-corrected chi connectivity index (χ1v) is 10.7. The van der Waals surface area contributed by atoms with E-state index in [1.165, 1.54) is 6.20 Å². The van der Waals surface area contributed by atoms with Crippen LogP contribution in [0, 0.1) is 12.8 Å². The lowest BCUT2D eigenvalue weighted by molar-refractivity contribution is -0.130. The molecule has 8 heteroatoms. The smallest absolute Gasteiger partial charge is 0.251 e. The fourth-order valence-corrected chi connectivity index (χ4v) is 3.98. The number of rotatable bonds is 8. The molecule has 0 saturated carbocycles. The second-order valence-electron chi connectivity index (χ2n) is 8.10. The largest absolute Gasteiger partial charge is 0.343 e. The van der Waals surface area contributed by atoms with Crippen molar-refractivity contribution >= 4 is 22.6 Å². The van der Waals surface area contributed by atoms with Crippen LogP contribution in [0.3, 0.4) is 0 Å². The van der Waals surface area contributed by atoms with Crippen molar-refractivity contribution in [2.45, 2.75) is 25.8 Å². The topological polar surface area (TPSA) is 120 Å². The van der Waals surface area contributed by atoms with Crippen molar-refractivity contribution in [2.75, 3.05) is 0 Å². The monoisotopic (exact) mass is 443 g/mol. The molecule has 2 amide bonds. The van der Waals surface area contributed by atoms with Crippen molar-refractivity contribution in [3.8, 4) is 0 Å². The van der Waals surface area contributed by atoms with Crippen molar-refractivity contribution in [3.05, 3.63) is 95.3 Å². The number of carbonyl (C=O) groups is 2. The average Bonchev–Trinajstić information content (AvgIpc) is 3.37. The summed E-state index contributed by atoms with van der Waals surface area (Å²) in [7, 11) is 0. The predicted molar refractivity (Wildman–Crippen MR) is 123 cm³/mol. The molecule has 0 saturated heterocycles. The minimum atomic E-state index is -0.610. The molecule has 1 heterocycles. The van der Waals surface area contributed by atoms with Gasteiger partial charge in [-0.15, -0.1) is 0 Å². The molecule has 0 radical (unpaired) electrons. The van der Waals surface area contributed by atoms with Crippen LogP contribution in [-0.2, 0) is 11.2 Å². The summed E-state index contributed by atoms with van der Waals surface area (Å²) in [5, 5.41) is 25.0. The number of aryl methyl sites for hydroxylation is 1. The SMILES string of the molecule is Cc1ccc(C(=O)NC(c2cn[nH]n2)[C@@H](CC(=O)NO)Cc2ccc3ccccc3c2)cc1. The third-order valence-corrected chi connectivity index (χ3v) is 5.71. The highest BCUT2D eigenvalue weighted by atomic mass is 16.5. The molecule has 8 nitrogen and oxygen atoms in total. The zero-order chi connectivity index (χ0) is 23.2. The molecule has 3 aromatic carbocycles. The van der Waals surface area contributed by atoms with Gasteiger partial charge in [0.25, 0.3) is 5.91 Å². The zero-order valence-corrected chi connectivity index (χ0v) is 18.2. The molecule has 0 aliphatic carbocycles. The Morgan fingerprint density at radius 1 is 1.03 bits per heavy atom. The summed E-state index contributed by atoms with van der Waals surface area (Å²) >= 11 is 0. The summed E-state index contributed by atoms with van der Waals surface area (Å²) in [6.07, 6.45) is 1.99. The Labute approximate surface area is 191 Å². The fraction of sp³-hybridized carbons (Fsp3) is 0.200. The van der Waals surface area contributed by atoms with E-state index in [2.05, 4.69) is 26.8 Å². The lowest BCUT2D eigenvalue weighted by Crippen LogP contribution is -2.37. The van der Waals surface area contributed by atoms with Gasteiger partial charge in [-0.05, 0) is 47.7 Å². The third kappa shape index (κ3) is 5.42. The third-order valence-electron chi connectivity index (χ3n) is 5.71. The lowest BCUT2D eigenvalue weighted by atomic mass is 9.86. The van der Waals surface area contributed by atoms with E-state index >= 15 is 0 Å². The standard InChI is InChI=1S/C25H25N5O3/c1-16-6-9-19(10-7-16)25(32)27-24(22-15-26-30-28-22)21(14-23(31)29-33)13-17-8-11-18-4-2-3-5-20(18)12-17/h2-12,15,21,24,33H,13-14H2,1H3,(H,27,32)(H,29,31)(H,26,28,30)/t21-,24?/m1/s1. The molecule has 33 heavy (non-hydrogen) atoms. The summed E-state index contributed by atoms with van der Waals surface area (Å²) in [5.74, 6) is -1.22. The molecule has 0 aliphatic heterocycles. The van der Waals surface area contributed by atoms with Crippen molar-refractivity contribution in [2.24, 2.45) is 5.92 Å². The van der Waals surface area contributed by atoms with Crippen LogP contribution < -0.4 is 10.8 Å². The predicted octanol–water partition coefficient (Wildman–Crippen LogP) is 3.49. The Morgan fingerprint density at radius 3 is 2.48 bits per heavy atom. The van der Waals surface area contributed by atoms with Gasteiger partial charge in [0.2, 0.25) is 5.91 Å². The molecule has 4 aromatic rings. The van der Waals surface area contributed by atoms with Crippen LogP contribution in [0.1, 0.15) is 39.6 Å². The number of hydroxylamine groups is 1. The average molecular weight is 444 g/mol. The minimum Gasteiger partial charge on any atom is -0.343 e.